The van der Waals surface area contributed by atoms with E-state index in [1.807, 2.05) is 0 Å². The number of aromatic nitrogens is 2. The smallest absolute Gasteiger partial charge is 0.137 e. The van der Waals surface area contributed by atoms with Gasteiger partial charge in [0, 0.05) is 51.2 Å². The first-order chi connectivity index (χ1) is 12.2. The lowest BCUT2D eigenvalue weighted by Gasteiger charge is -2.40. The summed E-state index contributed by atoms with van der Waals surface area (Å²) in [6.45, 7) is 8.33. The van der Waals surface area contributed by atoms with E-state index in [4.69, 9.17) is 4.98 Å². The second kappa shape index (κ2) is 6.40. The van der Waals surface area contributed by atoms with Crippen molar-refractivity contribution in [3.63, 3.8) is 0 Å². The maximum atomic E-state index is 4.87. The van der Waals surface area contributed by atoms with Crippen molar-refractivity contribution in [1.82, 2.24) is 19.2 Å². The molecule has 2 bridgehead atoms. The highest BCUT2D eigenvalue weighted by atomic mass is 15.3. The van der Waals surface area contributed by atoms with Gasteiger partial charge in [-0.1, -0.05) is 6.42 Å². The number of piperidine rings is 1. The number of rotatable bonds is 4. The first-order valence-corrected chi connectivity index (χ1v) is 10.1. The number of nitrogens with zero attached hydrogens (tertiary/aromatic N) is 4. The van der Waals surface area contributed by atoms with Gasteiger partial charge in [0.05, 0.1) is 5.69 Å². The van der Waals surface area contributed by atoms with Crippen LogP contribution in [0.1, 0.15) is 43.4 Å². The molecule has 1 aliphatic carbocycles. The molecule has 2 atom stereocenters. The number of imidazole rings is 1. The molecule has 0 unspecified atom stereocenters. The van der Waals surface area contributed by atoms with E-state index in [0.717, 1.165) is 30.1 Å². The van der Waals surface area contributed by atoms with Crippen molar-refractivity contribution in [2.24, 2.45) is 11.8 Å². The van der Waals surface area contributed by atoms with Crippen LogP contribution in [-0.4, -0.2) is 51.4 Å². The van der Waals surface area contributed by atoms with Crippen LogP contribution in [0.5, 0.6) is 0 Å². The largest absolute Gasteiger partial charge is 0.307 e. The number of hydrogen-bond donors (Lipinski definition) is 0. The minimum atomic E-state index is 0.777. The van der Waals surface area contributed by atoms with E-state index in [1.165, 1.54) is 69.5 Å². The van der Waals surface area contributed by atoms with E-state index < -0.39 is 0 Å². The number of aryl methyl sites for hydroxylation is 1. The molecule has 4 heteroatoms. The Balaban J connectivity index is 1.29. The standard InChI is InChI=1S/C21H30N4/c1-16-7-8-24-14-19(22-21(24)9-16)13-23-10-18-5-6-20(15-23)25(12-18)11-17-3-2-4-17/h7-9,14,17-18,20H,2-6,10-13,15H2,1H3/t18-,20+/m1/s1. The highest BCUT2D eigenvalue weighted by Crippen LogP contribution is 2.33. The molecule has 3 aliphatic heterocycles. The number of pyridine rings is 1. The average Bonchev–Trinajstić information content (AvgIpc) is 2.73. The van der Waals surface area contributed by atoms with Crippen LogP contribution in [0.4, 0.5) is 0 Å². The zero-order chi connectivity index (χ0) is 16.8. The summed E-state index contributed by atoms with van der Waals surface area (Å²) in [7, 11) is 0. The maximum absolute atomic E-state index is 4.87. The Morgan fingerprint density at radius 2 is 2.04 bits per heavy atom. The molecule has 2 aromatic heterocycles. The van der Waals surface area contributed by atoms with Gasteiger partial charge in [-0.05, 0) is 62.1 Å². The average molecular weight is 338 g/mol. The van der Waals surface area contributed by atoms with Crippen molar-refractivity contribution in [1.29, 1.82) is 0 Å². The molecule has 2 aromatic rings. The van der Waals surface area contributed by atoms with Crippen molar-refractivity contribution in [3.05, 3.63) is 35.8 Å². The molecule has 134 valence electrons. The van der Waals surface area contributed by atoms with E-state index in [-0.39, 0.29) is 0 Å². The van der Waals surface area contributed by atoms with Crippen LogP contribution in [0, 0.1) is 18.8 Å². The molecule has 0 N–H and O–H groups in total. The van der Waals surface area contributed by atoms with Crippen molar-refractivity contribution in [2.75, 3.05) is 26.2 Å². The monoisotopic (exact) mass is 338 g/mol. The van der Waals surface area contributed by atoms with Crippen molar-refractivity contribution >= 4 is 5.65 Å². The van der Waals surface area contributed by atoms with Crippen LogP contribution in [-0.2, 0) is 6.54 Å². The first kappa shape index (κ1) is 15.8. The first-order valence-electron chi connectivity index (χ1n) is 10.1. The van der Waals surface area contributed by atoms with E-state index in [0.29, 0.717) is 0 Å². The number of hydrogen-bond acceptors (Lipinski definition) is 3. The van der Waals surface area contributed by atoms with Gasteiger partial charge in [0.2, 0.25) is 0 Å². The highest BCUT2D eigenvalue weighted by Gasteiger charge is 2.36. The fraction of sp³-hybridized carbons (Fsp3) is 0.667. The van der Waals surface area contributed by atoms with Crippen LogP contribution in [0.2, 0.25) is 0 Å². The van der Waals surface area contributed by atoms with Gasteiger partial charge in [-0.25, -0.2) is 4.98 Å². The van der Waals surface area contributed by atoms with Gasteiger partial charge in [-0.2, -0.15) is 0 Å². The molecule has 25 heavy (non-hydrogen) atoms. The molecule has 6 rings (SSSR count). The summed E-state index contributed by atoms with van der Waals surface area (Å²) in [5, 5.41) is 0. The van der Waals surface area contributed by atoms with Gasteiger partial charge in [-0.3, -0.25) is 9.80 Å². The highest BCUT2D eigenvalue weighted by molar-refractivity contribution is 5.42. The van der Waals surface area contributed by atoms with Crippen LogP contribution in [0.15, 0.2) is 24.5 Å². The van der Waals surface area contributed by atoms with Crippen molar-refractivity contribution < 1.29 is 0 Å². The topological polar surface area (TPSA) is 23.8 Å². The summed E-state index contributed by atoms with van der Waals surface area (Å²) in [6.07, 6.45) is 11.6. The quantitative estimate of drug-likeness (QED) is 0.854. The van der Waals surface area contributed by atoms with Crippen LogP contribution in [0.3, 0.4) is 0 Å². The SMILES string of the molecule is Cc1ccn2cc(CN3C[C@H]4CC[C@@H](C3)N(CC3CCC3)C4)nc2c1. The third kappa shape index (κ3) is 3.22. The zero-order valence-electron chi connectivity index (χ0n) is 15.4. The molecular weight excluding hydrogens is 308 g/mol. The molecule has 0 aromatic carbocycles. The molecule has 0 amide bonds. The number of fused-ring (bicyclic) bond motifs is 5. The molecular formula is C21H30N4. The lowest BCUT2D eigenvalue weighted by molar-refractivity contribution is 0.0890. The molecule has 3 saturated heterocycles. The Morgan fingerprint density at radius 3 is 2.88 bits per heavy atom. The van der Waals surface area contributed by atoms with E-state index in [9.17, 15) is 0 Å². The van der Waals surface area contributed by atoms with Gasteiger partial charge in [0.15, 0.2) is 0 Å². The lowest BCUT2D eigenvalue weighted by Crippen LogP contribution is -2.46. The summed E-state index contributed by atoms with van der Waals surface area (Å²) in [5.74, 6) is 1.85. The Labute approximate surface area is 150 Å². The minimum absolute atomic E-state index is 0.777. The maximum Gasteiger partial charge on any atom is 0.137 e. The Kier molecular flexibility index (Phi) is 4.05. The molecule has 0 spiro atoms. The van der Waals surface area contributed by atoms with Gasteiger partial charge in [0.1, 0.15) is 5.65 Å². The Morgan fingerprint density at radius 1 is 1.12 bits per heavy atom. The van der Waals surface area contributed by atoms with Gasteiger partial charge >= 0.3 is 0 Å². The summed E-state index contributed by atoms with van der Waals surface area (Å²) < 4.78 is 2.16. The van der Waals surface area contributed by atoms with E-state index in [1.54, 1.807) is 0 Å². The van der Waals surface area contributed by atoms with Crippen molar-refractivity contribution in [3.8, 4) is 0 Å². The van der Waals surface area contributed by atoms with Crippen LogP contribution >= 0.6 is 0 Å². The third-order valence-electron chi connectivity index (χ3n) is 6.67. The van der Waals surface area contributed by atoms with Crippen molar-refractivity contribution in [2.45, 2.75) is 51.6 Å². The Hall–Kier alpha value is -1.39. The second-order valence-electron chi connectivity index (χ2n) is 8.74. The Bertz CT molecular complexity index is 747. The summed E-state index contributed by atoms with van der Waals surface area (Å²) in [4.78, 5) is 10.4. The normalized spacial score (nSPS) is 28.4. The molecule has 4 fully saturated rings. The molecule has 0 radical (unpaired) electrons. The lowest BCUT2D eigenvalue weighted by atomic mass is 9.83. The zero-order valence-corrected chi connectivity index (χ0v) is 15.4. The second-order valence-corrected chi connectivity index (χ2v) is 8.74. The van der Waals surface area contributed by atoms with Gasteiger partial charge in [-0.15, -0.1) is 0 Å². The predicted octanol–water partition coefficient (Wildman–Crippen LogP) is 3.34. The summed E-state index contributed by atoms with van der Waals surface area (Å²) >= 11 is 0. The predicted molar refractivity (Wildman–Crippen MR) is 101 cm³/mol. The van der Waals surface area contributed by atoms with Crippen LogP contribution < -0.4 is 0 Å². The molecule has 4 nitrogen and oxygen atoms in total. The fourth-order valence-corrected chi connectivity index (χ4v) is 5.08. The van der Waals surface area contributed by atoms with Gasteiger partial charge in [0.25, 0.3) is 0 Å². The van der Waals surface area contributed by atoms with E-state index in [2.05, 4.69) is 45.7 Å². The van der Waals surface area contributed by atoms with Gasteiger partial charge < -0.3 is 4.40 Å². The molecule has 4 aliphatic rings. The molecule has 1 saturated carbocycles. The van der Waals surface area contributed by atoms with E-state index >= 15 is 0 Å². The fourth-order valence-electron chi connectivity index (χ4n) is 5.08. The summed E-state index contributed by atoms with van der Waals surface area (Å²) in [6, 6.07) is 5.11. The molecule has 5 heterocycles. The van der Waals surface area contributed by atoms with Crippen LogP contribution in [0.25, 0.3) is 5.65 Å². The summed E-state index contributed by atoms with van der Waals surface area (Å²) in [5.41, 5.74) is 3.58. The minimum Gasteiger partial charge on any atom is -0.307 e. The third-order valence-corrected chi connectivity index (χ3v) is 6.67.